The predicted molar refractivity (Wildman–Crippen MR) is 81.0 cm³/mol. The molecule has 0 saturated heterocycles. The number of thiazole rings is 1. The van der Waals surface area contributed by atoms with E-state index in [-0.39, 0.29) is 0 Å². The Morgan fingerprint density at radius 3 is 2.79 bits per heavy atom. The number of nitrogens with zero attached hydrogens (tertiary/aromatic N) is 1. The summed E-state index contributed by atoms with van der Waals surface area (Å²) in [6.07, 6.45) is 2.24. The molecule has 19 heavy (non-hydrogen) atoms. The highest BCUT2D eigenvalue weighted by atomic mass is 32.1. The molecule has 0 fully saturated rings. The zero-order valence-electron chi connectivity index (χ0n) is 11.7. The first-order valence-electron chi connectivity index (χ1n) is 6.87. The van der Waals surface area contributed by atoms with Crippen LogP contribution in [0.2, 0.25) is 0 Å². The largest absolute Gasteiger partial charge is 0.316 e. The van der Waals surface area contributed by atoms with E-state index in [1.807, 2.05) is 11.3 Å². The summed E-state index contributed by atoms with van der Waals surface area (Å²) in [4.78, 5) is 6.02. The summed E-state index contributed by atoms with van der Waals surface area (Å²) in [6.45, 7) is 4.26. The van der Waals surface area contributed by atoms with E-state index >= 15 is 0 Å². The minimum atomic E-state index is 0.500. The number of aryl methyl sites for hydroxylation is 2. The van der Waals surface area contributed by atoms with Crippen LogP contribution >= 0.6 is 11.3 Å². The van der Waals surface area contributed by atoms with Gasteiger partial charge in [0.25, 0.3) is 0 Å². The second-order valence-electron chi connectivity index (χ2n) is 5.36. The molecule has 2 atom stereocenters. The molecule has 0 amide bonds. The van der Waals surface area contributed by atoms with Gasteiger partial charge in [-0.05, 0) is 38.4 Å². The first kappa shape index (κ1) is 12.8. The number of likely N-dealkylation sites (N-methyl/N-ethyl adjacent to an activating group) is 1. The fourth-order valence-corrected chi connectivity index (χ4v) is 3.91. The topological polar surface area (TPSA) is 24.9 Å². The molecule has 1 aromatic carbocycles. The van der Waals surface area contributed by atoms with Gasteiger partial charge in [-0.25, -0.2) is 4.98 Å². The van der Waals surface area contributed by atoms with Gasteiger partial charge in [0.05, 0.1) is 10.7 Å². The first-order chi connectivity index (χ1) is 9.19. The number of benzene rings is 1. The van der Waals surface area contributed by atoms with Crippen LogP contribution in [0, 0.1) is 13.8 Å². The third-order valence-electron chi connectivity index (χ3n) is 4.22. The monoisotopic (exact) mass is 272 g/mol. The molecule has 1 N–H and O–H groups in total. The first-order valence-corrected chi connectivity index (χ1v) is 7.68. The second-order valence-corrected chi connectivity index (χ2v) is 6.65. The lowest BCUT2D eigenvalue weighted by Gasteiger charge is -2.36. The molecule has 3 rings (SSSR count). The molecule has 1 aliphatic rings. The third kappa shape index (κ3) is 2.33. The van der Waals surface area contributed by atoms with Gasteiger partial charge in [0.15, 0.2) is 0 Å². The van der Waals surface area contributed by atoms with Crippen molar-refractivity contribution in [2.24, 2.45) is 0 Å². The Bertz CT molecular complexity index is 569. The van der Waals surface area contributed by atoms with Crippen molar-refractivity contribution in [1.82, 2.24) is 10.3 Å². The number of rotatable bonds is 4. The van der Waals surface area contributed by atoms with E-state index in [1.54, 1.807) is 0 Å². The molecular formula is C16H20N2S. The Labute approximate surface area is 118 Å². The van der Waals surface area contributed by atoms with Gasteiger partial charge in [-0.3, -0.25) is 0 Å². The number of aromatic nitrogens is 1. The molecule has 1 heterocycles. The lowest BCUT2D eigenvalue weighted by molar-refractivity contribution is 0.422. The van der Waals surface area contributed by atoms with Crippen molar-refractivity contribution in [2.75, 3.05) is 7.05 Å². The summed E-state index contributed by atoms with van der Waals surface area (Å²) in [5.41, 5.74) is 4.22. The Kier molecular flexibility index (Phi) is 3.42. The maximum atomic E-state index is 4.67. The summed E-state index contributed by atoms with van der Waals surface area (Å²) in [5, 5.41) is 4.75. The van der Waals surface area contributed by atoms with Crippen LogP contribution in [-0.2, 0) is 12.8 Å². The third-order valence-corrected chi connectivity index (χ3v) is 5.31. The molecule has 1 aromatic heterocycles. The second kappa shape index (κ2) is 5.06. The van der Waals surface area contributed by atoms with Gasteiger partial charge in [-0.15, -0.1) is 11.3 Å². The van der Waals surface area contributed by atoms with Gasteiger partial charge in [0.1, 0.15) is 0 Å². The molecule has 0 bridgehead atoms. The lowest BCUT2D eigenvalue weighted by Crippen LogP contribution is -2.39. The average molecular weight is 272 g/mol. The molecule has 2 nitrogen and oxygen atoms in total. The molecule has 0 spiro atoms. The van der Waals surface area contributed by atoms with E-state index in [0.29, 0.717) is 12.0 Å². The van der Waals surface area contributed by atoms with Crippen molar-refractivity contribution in [3.63, 3.8) is 0 Å². The molecule has 0 aliphatic heterocycles. The van der Waals surface area contributed by atoms with Crippen molar-refractivity contribution in [3.8, 4) is 0 Å². The van der Waals surface area contributed by atoms with Gasteiger partial charge in [0, 0.05) is 23.3 Å². The summed E-state index contributed by atoms with van der Waals surface area (Å²) in [7, 11) is 2.07. The number of hydrogen-bond donors (Lipinski definition) is 1. The van der Waals surface area contributed by atoms with Gasteiger partial charge < -0.3 is 5.32 Å². The van der Waals surface area contributed by atoms with Crippen molar-refractivity contribution >= 4 is 11.3 Å². The van der Waals surface area contributed by atoms with Crippen LogP contribution in [-0.4, -0.2) is 18.1 Å². The smallest absolute Gasteiger partial charge is 0.0946 e. The highest BCUT2D eigenvalue weighted by Crippen LogP contribution is 2.38. The van der Waals surface area contributed by atoms with Gasteiger partial charge in [-0.1, -0.05) is 24.3 Å². The molecule has 1 aliphatic carbocycles. The van der Waals surface area contributed by atoms with E-state index in [1.165, 1.54) is 33.1 Å². The maximum Gasteiger partial charge on any atom is 0.0946 e. The summed E-state index contributed by atoms with van der Waals surface area (Å²) < 4.78 is 0. The van der Waals surface area contributed by atoms with Crippen LogP contribution in [0.25, 0.3) is 0 Å². The van der Waals surface area contributed by atoms with Crippen LogP contribution in [0.3, 0.4) is 0 Å². The summed E-state index contributed by atoms with van der Waals surface area (Å²) >= 11 is 1.84. The van der Waals surface area contributed by atoms with Crippen LogP contribution in [0.1, 0.15) is 32.6 Å². The Morgan fingerprint density at radius 1 is 1.37 bits per heavy atom. The highest BCUT2D eigenvalue weighted by molar-refractivity contribution is 7.11. The number of nitrogens with one attached hydrogen (secondary N) is 1. The Hall–Kier alpha value is -1.19. The van der Waals surface area contributed by atoms with Crippen molar-refractivity contribution in [2.45, 2.75) is 38.6 Å². The highest BCUT2D eigenvalue weighted by Gasteiger charge is 2.32. The SMILES string of the molecule is CNC(Cc1nc(C)c(C)s1)C1Cc2ccccc21. The molecule has 3 heteroatoms. The minimum Gasteiger partial charge on any atom is -0.316 e. The normalized spacial score (nSPS) is 18.8. The molecule has 100 valence electrons. The van der Waals surface area contributed by atoms with Crippen LogP contribution in [0.15, 0.2) is 24.3 Å². The average Bonchev–Trinajstić information content (AvgIpc) is 2.68. The van der Waals surface area contributed by atoms with E-state index in [9.17, 15) is 0 Å². The molecule has 2 unspecified atom stereocenters. The van der Waals surface area contributed by atoms with Crippen LogP contribution in [0.4, 0.5) is 0 Å². The fourth-order valence-electron chi connectivity index (χ4n) is 2.92. The summed E-state index contributed by atoms with van der Waals surface area (Å²) in [6, 6.07) is 9.30. The predicted octanol–water partition coefficient (Wildman–Crippen LogP) is 3.23. The van der Waals surface area contributed by atoms with E-state index in [2.05, 4.69) is 55.5 Å². The maximum absolute atomic E-state index is 4.67. The quantitative estimate of drug-likeness (QED) is 0.924. The van der Waals surface area contributed by atoms with Crippen LogP contribution in [0.5, 0.6) is 0 Å². The molecule has 2 aromatic rings. The number of hydrogen-bond acceptors (Lipinski definition) is 3. The van der Waals surface area contributed by atoms with E-state index in [0.717, 1.165) is 6.42 Å². The molecule has 0 saturated carbocycles. The Balaban J connectivity index is 1.76. The summed E-state index contributed by atoms with van der Waals surface area (Å²) in [5.74, 6) is 0.644. The fraction of sp³-hybridized carbons (Fsp3) is 0.438. The minimum absolute atomic E-state index is 0.500. The van der Waals surface area contributed by atoms with Crippen molar-refractivity contribution < 1.29 is 0 Å². The van der Waals surface area contributed by atoms with Crippen molar-refractivity contribution in [1.29, 1.82) is 0 Å². The zero-order valence-corrected chi connectivity index (χ0v) is 12.6. The van der Waals surface area contributed by atoms with Gasteiger partial charge >= 0.3 is 0 Å². The lowest BCUT2D eigenvalue weighted by atomic mass is 9.73. The van der Waals surface area contributed by atoms with Gasteiger partial charge in [0.2, 0.25) is 0 Å². The van der Waals surface area contributed by atoms with Crippen LogP contribution < -0.4 is 5.32 Å². The standard InChI is InChI=1S/C16H20N2S/c1-10-11(2)19-16(18-10)9-15(17-3)14-8-12-6-4-5-7-13(12)14/h4-7,14-15,17H,8-9H2,1-3H3. The van der Waals surface area contributed by atoms with E-state index < -0.39 is 0 Å². The zero-order chi connectivity index (χ0) is 13.4. The molecule has 0 radical (unpaired) electrons. The Morgan fingerprint density at radius 2 is 2.16 bits per heavy atom. The van der Waals surface area contributed by atoms with Gasteiger partial charge in [-0.2, -0.15) is 0 Å². The van der Waals surface area contributed by atoms with E-state index in [4.69, 9.17) is 0 Å². The molecular weight excluding hydrogens is 252 g/mol. The van der Waals surface area contributed by atoms with Crippen molar-refractivity contribution in [3.05, 3.63) is 51.0 Å². The number of fused-ring (bicyclic) bond motifs is 1.